The monoisotopic (exact) mass is 561 g/mol. The quantitative estimate of drug-likeness (QED) is 0.259. The molecule has 5 nitrogen and oxygen atoms in total. The minimum atomic E-state index is -4.58. The lowest BCUT2D eigenvalue weighted by Gasteiger charge is -2.19. The minimum absolute atomic E-state index is 0.0381. The van der Waals surface area contributed by atoms with Gasteiger partial charge in [0.05, 0.1) is 16.8 Å². The Hall–Kier alpha value is -3.37. The van der Waals surface area contributed by atoms with Crippen LogP contribution in [0.15, 0.2) is 66.1 Å². The fourth-order valence-electron chi connectivity index (χ4n) is 4.15. The first-order valence-corrected chi connectivity index (χ1v) is 14.2. The first-order valence-electron chi connectivity index (χ1n) is 11.7. The summed E-state index contributed by atoms with van der Waals surface area (Å²) in [5.74, 6) is -1.49. The SMILES string of the molecule is CC(C)(C)c1cccc(C=CCS(=O)(=O)n2c(Cc3csc(C(=O)O)c3)cc3cc(C(F)(F)F)ccc32)c1. The number of hydrogen-bond donors (Lipinski definition) is 1. The van der Waals surface area contributed by atoms with E-state index in [2.05, 4.69) is 20.8 Å². The van der Waals surface area contributed by atoms with Crippen LogP contribution in [0.1, 0.15) is 58.4 Å². The molecule has 0 bridgehead atoms. The average Bonchev–Trinajstić information content (AvgIpc) is 3.42. The van der Waals surface area contributed by atoms with Crippen LogP contribution in [0, 0.1) is 0 Å². The molecule has 2 aromatic carbocycles. The molecule has 0 atom stereocenters. The predicted molar refractivity (Wildman–Crippen MR) is 144 cm³/mol. The molecule has 0 saturated carbocycles. The van der Waals surface area contributed by atoms with Gasteiger partial charge in [0.2, 0.25) is 10.0 Å². The van der Waals surface area contributed by atoms with E-state index in [0.717, 1.165) is 44.6 Å². The second kappa shape index (κ2) is 10.1. The molecule has 10 heteroatoms. The average molecular weight is 562 g/mol. The number of carboxylic acids is 1. The zero-order chi connectivity index (χ0) is 27.9. The lowest BCUT2D eigenvalue weighted by atomic mass is 9.86. The van der Waals surface area contributed by atoms with E-state index in [9.17, 15) is 31.5 Å². The van der Waals surface area contributed by atoms with Gasteiger partial charge in [-0.2, -0.15) is 13.2 Å². The molecule has 0 aliphatic rings. The third-order valence-corrected chi connectivity index (χ3v) is 8.62. The predicted octanol–water partition coefficient (Wildman–Crippen LogP) is 7.20. The molecule has 2 heterocycles. The van der Waals surface area contributed by atoms with Crippen molar-refractivity contribution in [3.05, 3.63) is 98.9 Å². The molecule has 0 fully saturated rings. The van der Waals surface area contributed by atoms with Gasteiger partial charge in [-0.15, -0.1) is 11.3 Å². The summed E-state index contributed by atoms with van der Waals surface area (Å²) in [5.41, 5.74) is 1.90. The number of benzene rings is 2. The van der Waals surface area contributed by atoms with Gasteiger partial charge in [0, 0.05) is 17.5 Å². The normalized spacial score (nSPS) is 13.0. The van der Waals surface area contributed by atoms with E-state index in [1.54, 1.807) is 11.5 Å². The first-order chi connectivity index (χ1) is 17.6. The molecular formula is C28H26F3NO4S2. The summed E-state index contributed by atoms with van der Waals surface area (Å²) in [5, 5.41) is 10.9. The second-order valence-electron chi connectivity index (χ2n) is 10.0. The van der Waals surface area contributed by atoms with Gasteiger partial charge in [0.1, 0.15) is 4.88 Å². The van der Waals surface area contributed by atoms with Crippen molar-refractivity contribution >= 4 is 44.3 Å². The van der Waals surface area contributed by atoms with Crippen molar-refractivity contribution in [2.24, 2.45) is 0 Å². The number of nitrogens with zero attached hydrogens (tertiary/aromatic N) is 1. The number of fused-ring (bicyclic) bond motifs is 1. The van der Waals surface area contributed by atoms with Gasteiger partial charge in [-0.1, -0.05) is 57.2 Å². The third-order valence-electron chi connectivity index (χ3n) is 6.05. The van der Waals surface area contributed by atoms with E-state index in [0.29, 0.717) is 5.56 Å². The highest BCUT2D eigenvalue weighted by Crippen LogP contribution is 2.34. The molecule has 0 radical (unpaired) electrons. The molecule has 4 rings (SSSR count). The third kappa shape index (κ3) is 6.02. The Morgan fingerprint density at radius 1 is 1.03 bits per heavy atom. The summed E-state index contributed by atoms with van der Waals surface area (Å²) in [6, 6.07) is 13.5. The highest BCUT2D eigenvalue weighted by Gasteiger charge is 2.31. The van der Waals surface area contributed by atoms with Crippen LogP contribution in [0.3, 0.4) is 0 Å². The van der Waals surface area contributed by atoms with E-state index in [1.165, 1.54) is 18.2 Å². The minimum Gasteiger partial charge on any atom is -0.477 e. The molecule has 38 heavy (non-hydrogen) atoms. The zero-order valence-electron chi connectivity index (χ0n) is 20.9. The lowest BCUT2D eigenvalue weighted by Crippen LogP contribution is -2.18. The smallest absolute Gasteiger partial charge is 0.416 e. The van der Waals surface area contributed by atoms with Gasteiger partial charge in [0.25, 0.3) is 0 Å². The molecular weight excluding hydrogens is 535 g/mol. The number of thiophene rings is 1. The van der Waals surface area contributed by atoms with Crippen LogP contribution >= 0.6 is 11.3 Å². The highest BCUT2D eigenvalue weighted by molar-refractivity contribution is 7.90. The van der Waals surface area contributed by atoms with E-state index in [4.69, 9.17) is 0 Å². The Morgan fingerprint density at radius 3 is 2.39 bits per heavy atom. The van der Waals surface area contributed by atoms with Gasteiger partial charge in [0.15, 0.2) is 0 Å². The van der Waals surface area contributed by atoms with Crippen LogP contribution in [0.4, 0.5) is 13.2 Å². The van der Waals surface area contributed by atoms with Gasteiger partial charge in [-0.05, 0) is 57.8 Å². The topological polar surface area (TPSA) is 76.4 Å². The standard InChI is InChI=1S/C28H26F3NO4S2/c1-27(2,3)21-8-4-6-18(12-21)7-5-11-38(35,36)32-23(13-19-14-25(26(33)34)37-17-19)16-20-15-22(28(29,30)31)9-10-24(20)32/h4-10,12,14-17H,11,13H2,1-3H3,(H,33,34). The van der Waals surface area contributed by atoms with Crippen molar-refractivity contribution in [2.75, 3.05) is 5.75 Å². The molecule has 0 amide bonds. The Balaban J connectivity index is 1.73. The van der Waals surface area contributed by atoms with Gasteiger partial charge in [-0.25, -0.2) is 17.2 Å². The number of rotatable bonds is 7. The molecule has 1 N–H and O–H groups in total. The zero-order valence-corrected chi connectivity index (χ0v) is 22.5. The van der Waals surface area contributed by atoms with Crippen LogP contribution in [-0.2, 0) is 28.0 Å². The largest absolute Gasteiger partial charge is 0.477 e. The summed E-state index contributed by atoms with van der Waals surface area (Å²) >= 11 is 0.999. The molecule has 0 unspecified atom stereocenters. The lowest BCUT2D eigenvalue weighted by molar-refractivity contribution is -0.137. The number of carbonyl (C=O) groups is 1. The van der Waals surface area contributed by atoms with Crippen molar-refractivity contribution in [2.45, 2.75) is 38.8 Å². The number of alkyl halides is 3. The fourth-order valence-corrected chi connectivity index (χ4v) is 6.33. The Bertz CT molecular complexity index is 1640. The van der Waals surface area contributed by atoms with E-state index in [1.807, 2.05) is 24.3 Å². The summed E-state index contributed by atoms with van der Waals surface area (Å²) in [6.45, 7) is 6.24. The maximum atomic E-state index is 13.5. The van der Waals surface area contributed by atoms with Gasteiger partial charge >= 0.3 is 12.1 Å². The number of hydrogen-bond acceptors (Lipinski definition) is 4. The number of carboxylic acid groups (broad SMARTS) is 1. The summed E-state index contributed by atoms with van der Waals surface area (Å²) in [7, 11) is -4.03. The maximum absolute atomic E-state index is 13.5. The fraction of sp³-hybridized carbons (Fsp3) is 0.250. The number of halogens is 3. The van der Waals surface area contributed by atoms with Crippen molar-refractivity contribution < 1.29 is 31.5 Å². The van der Waals surface area contributed by atoms with Crippen LogP contribution in [0.25, 0.3) is 17.0 Å². The molecule has 4 aromatic rings. The Kier molecular flexibility index (Phi) is 7.33. The van der Waals surface area contributed by atoms with Crippen LogP contribution in [0.2, 0.25) is 0 Å². The van der Waals surface area contributed by atoms with Crippen molar-refractivity contribution in [1.29, 1.82) is 0 Å². The van der Waals surface area contributed by atoms with E-state index in [-0.39, 0.29) is 39.1 Å². The molecule has 0 aliphatic carbocycles. The van der Waals surface area contributed by atoms with E-state index >= 15 is 0 Å². The summed E-state index contributed by atoms with van der Waals surface area (Å²) in [4.78, 5) is 11.4. The molecule has 2 aromatic heterocycles. The second-order valence-corrected chi connectivity index (χ2v) is 12.8. The van der Waals surface area contributed by atoms with Crippen molar-refractivity contribution in [3.8, 4) is 0 Å². The molecule has 200 valence electrons. The summed E-state index contributed by atoms with van der Waals surface area (Å²) in [6.07, 6.45) is -1.32. The van der Waals surface area contributed by atoms with Crippen molar-refractivity contribution in [1.82, 2.24) is 3.97 Å². The van der Waals surface area contributed by atoms with Crippen LogP contribution < -0.4 is 0 Å². The van der Waals surface area contributed by atoms with Crippen LogP contribution in [-0.4, -0.2) is 29.2 Å². The van der Waals surface area contributed by atoms with Crippen molar-refractivity contribution in [3.63, 3.8) is 0 Å². The highest BCUT2D eigenvalue weighted by atomic mass is 32.2. The van der Waals surface area contributed by atoms with Gasteiger partial charge < -0.3 is 5.11 Å². The molecule has 0 spiro atoms. The summed E-state index contributed by atoms with van der Waals surface area (Å²) < 4.78 is 68.1. The number of aromatic nitrogens is 1. The molecule has 0 aliphatic heterocycles. The molecule has 0 saturated heterocycles. The first kappa shape index (κ1) is 27.7. The maximum Gasteiger partial charge on any atom is 0.416 e. The Morgan fingerprint density at radius 2 is 1.76 bits per heavy atom. The number of aromatic carboxylic acids is 1. The van der Waals surface area contributed by atoms with E-state index < -0.39 is 27.7 Å². The van der Waals surface area contributed by atoms with Crippen LogP contribution in [0.5, 0.6) is 0 Å². The van der Waals surface area contributed by atoms with Gasteiger partial charge in [-0.3, -0.25) is 0 Å². The Labute approximate surface area is 222 Å².